The maximum absolute atomic E-state index is 12.1. The van der Waals surface area contributed by atoms with Crippen LogP contribution in [0.2, 0.25) is 0 Å². The molecule has 1 rings (SSSR count). The zero-order valence-electron chi connectivity index (χ0n) is 11.2. The van der Waals surface area contributed by atoms with E-state index in [1.807, 2.05) is 26.8 Å². The van der Waals surface area contributed by atoms with Gasteiger partial charge < -0.3 is 10.1 Å². The minimum absolute atomic E-state index is 0.203. The Morgan fingerprint density at radius 2 is 2.05 bits per heavy atom. The SMILES string of the molecule is C/C(=C\c1cccc(OC(F)(F)F)c1)CNC(C)C. The van der Waals surface area contributed by atoms with Gasteiger partial charge in [0.15, 0.2) is 0 Å². The average molecular weight is 273 g/mol. The maximum Gasteiger partial charge on any atom is 0.573 e. The highest BCUT2D eigenvalue weighted by Crippen LogP contribution is 2.24. The van der Waals surface area contributed by atoms with Crippen LogP contribution in [0.15, 0.2) is 29.8 Å². The predicted octanol–water partition coefficient (Wildman–Crippen LogP) is 3.99. The van der Waals surface area contributed by atoms with E-state index < -0.39 is 6.36 Å². The van der Waals surface area contributed by atoms with E-state index >= 15 is 0 Å². The Bertz CT molecular complexity index is 439. The van der Waals surface area contributed by atoms with Crippen LogP contribution >= 0.6 is 0 Å². The lowest BCUT2D eigenvalue weighted by Crippen LogP contribution is -2.24. The predicted molar refractivity (Wildman–Crippen MR) is 69.9 cm³/mol. The molecule has 106 valence electrons. The highest BCUT2D eigenvalue weighted by Gasteiger charge is 2.30. The fraction of sp³-hybridized carbons (Fsp3) is 0.429. The van der Waals surface area contributed by atoms with Crippen LogP contribution in [0.1, 0.15) is 26.3 Å². The zero-order chi connectivity index (χ0) is 14.5. The van der Waals surface area contributed by atoms with Gasteiger partial charge >= 0.3 is 6.36 Å². The minimum Gasteiger partial charge on any atom is -0.406 e. The molecule has 0 amide bonds. The van der Waals surface area contributed by atoms with Gasteiger partial charge in [-0.25, -0.2) is 0 Å². The van der Waals surface area contributed by atoms with Crippen molar-refractivity contribution in [3.8, 4) is 5.75 Å². The van der Waals surface area contributed by atoms with Crippen molar-refractivity contribution in [3.05, 3.63) is 35.4 Å². The number of halogens is 3. The summed E-state index contributed by atoms with van der Waals surface area (Å²) in [7, 11) is 0. The number of rotatable bonds is 5. The number of alkyl halides is 3. The fourth-order valence-electron chi connectivity index (χ4n) is 1.50. The normalized spacial score (nSPS) is 12.9. The summed E-state index contributed by atoms with van der Waals surface area (Å²) in [6.45, 7) is 6.69. The quantitative estimate of drug-likeness (QED) is 0.876. The van der Waals surface area contributed by atoms with Crippen molar-refractivity contribution < 1.29 is 17.9 Å². The molecular weight excluding hydrogens is 255 g/mol. The lowest BCUT2D eigenvalue weighted by Gasteiger charge is -2.10. The Balaban J connectivity index is 2.73. The Kier molecular flexibility index (Phi) is 5.42. The number of hydrogen-bond donors (Lipinski definition) is 1. The summed E-state index contributed by atoms with van der Waals surface area (Å²) >= 11 is 0. The number of benzene rings is 1. The third-order valence-corrected chi connectivity index (χ3v) is 2.29. The average Bonchev–Trinajstić information content (AvgIpc) is 2.24. The minimum atomic E-state index is -4.66. The lowest BCUT2D eigenvalue weighted by molar-refractivity contribution is -0.274. The summed E-state index contributed by atoms with van der Waals surface area (Å²) in [4.78, 5) is 0. The molecule has 0 fully saturated rings. The van der Waals surface area contributed by atoms with Gasteiger partial charge in [-0.3, -0.25) is 0 Å². The van der Waals surface area contributed by atoms with Gasteiger partial charge in [0, 0.05) is 12.6 Å². The summed E-state index contributed by atoms with van der Waals surface area (Å²) in [5, 5.41) is 3.24. The van der Waals surface area contributed by atoms with Gasteiger partial charge in [0.1, 0.15) is 5.75 Å². The molecule has 0 aliphatic heterocycles. The van der Waals surface area contributed by atoms with Crippen molar-refractivity contribution in [3.63, 3.8) is 0 Å². The van der Waals surface area contributed by atoms with Crippen LogP contribution in [0.5, 0.6) is 5.75 Å². The van der Waals surface area contributed by atoms with Crippen LogP contribution < -0.4 is 10.1 Å². The molecule has 0 atom stereocenters. The monoisotopic (exact) mass is 273 g/mol. The third-order valence-electron chi connectivity index (χ3n) is 2.29. The van der Waals surface area contributed by atoms with Crippen LogP contribution in [0.4, 0.5) is 13.2 Å². The van der Waals surface area contributed by atoms with E-state index in [1.54, 1.807) is 6.07 Å². The molecule has 0 aliphatic rings. The molecule has 19 heavy (non-hydrogen) atoms. The van der Waals surface area contributed by atoms with E-state index in [9.17, 15) is 13.2 Å². The molecule has 0 saturated heterocycles. The summed E-state index contributed by atoms with van der Waals surface area (Å²) in [5.41, 5.74) is 1.72. The second-order valence-electron chi connectivity index (χ2n) is 4.65. The summed E-state index contributed by atoms with van der Waals surface area (Å²) in [6.07, 6.45) is -2.82. The van der Waals surface area contributed by atoms with Crippen LogP contribution in [0.25, 0.3) is 6.08 Å². The molecule has 0 heterocycles. The van der Waals surface area contributed by atoms with E-state index in [4.69, 9.17) is 0 Å². The van der Waals surface area contributed by atoms with Crippen molar-refractivity contribution in [2.45, 2.75) is 33.2 Å². The molecule has 1 aromatic carbocycles. The molecule has 0 aromatic heterocycles. The van der Waals surface area contributed by atoms with E-state index in [2.05, 4.69) is 10.1 Å². The van der Waals surface area contributed by atoms with E-state index in [0.717, 1.165) is 5.57 Å². The van der Waals surface area contributed by atoms with Crippen molar-refractivity contribution in [2.75, 3.05) is 6.54 Å². The summed E-state index contributed by atoms with van der Waals surface area (Å²) in [5.74, 6) is -0.203. The highest BCUT2D eigenvalue weighted by molar-refractivity contribution is 5.54. The molecule has 0 unspecified atom stereocenters. The van der Waals surface area contributed by atoms with Gasteiger partial charge in [-0.2, -0.15) is 0 Å². The topological polar surface area (TPSA) is 21.3 Å². The number of nitrogens with one attached hydrogen (secondary N) is 1. The van der Waals surface area contributed by atoms with Crippen LogP contribution in [0, 0.1) is 0 Å². The van der Waals surface area contributed by atoms with Crippen LogP contribution in [-0.2, 0) is 0 Å². The maximum atomic E-state index is 12.1. The summed E-state index contributed by atoms with van der Waals surface area (Å²) < 4.78 is 40.2. The molecule has 0 saturated carbocycles. The molecule has 0 spiro atoms. The first kappa shape index (κ1) is 15.6. The van der Waals surface area contributed by atoms with Crippen LogP contribution in [0.3, 0.4) is 0 Å². The fourth-order valence-corrected chi connectivity index (χ4v) is 1.50. The largest absolute Gasteiger partial charge is 0.573 e. The van der Waals surface area contributed by atoms with Gasteiger partial charge in [-0.15, -0.1) is 13.2 Å². The molecule has 1 aromatic rings. The molecule has 0 radical (unpaired) electrons. The van der Waals surface area contributed by atoms with Gasteiger partial charge in [-0.05, 0) is 24.6 Å². The Labute approximate surface area is 111 Å². The standard InChI is InChI=1S/C14H18F3NO/c1-10(2)18-9-11(3)7-12-5-4-6-13(8-12)19-14(15,16)17/h4-8,10,18H,9H2,1-3H3/b11-7+. The summed E-state index contributed by atoms with van der Waals surface area (Å²) in [6, 6.07) is 6.29. The molecule has 0 bridgehead atoms. The molecule has 0 aliphatic carbocycles. The van der Waals surface area contributed by atoms with Gasteiger partial charge in [0.05, 0.1) is 0 Å². The van der Waals surface area contributed by atoms with E-state index in [-0.39, 0.29) is 5.75 Å². The molecule has 1 N–H and O–H groups in total. The Morgan fingerprint density at radius 1 is 1.37 bits per heavy atom. The van der Waals surface area contributed by atoms with Crippen molar-refractivity contribution in [1.82, 2.24) is 5.32 Å². The zero-order valence-corrected chi connectivity index (χ0v) is 11.2. The molecular formula is C14H18F3NO. The van der Waals surface area contributed by atoms with Gasteiger partial charge in [-0.1, -0.05) is 37.6 Å². The van der Waals surface area contributed by atoms with Crippen molar-refractivity contribution in [2.24, 2.45) is 0 Å². The van der Waals surface area contributed by atoms with E-state index in [1.165, 1.54) is 18.2 Å². The highest BCUT2D eigenvalue weighted by atomic mass is 19.4. The second kappa shape index (κ2) is 6.61. The van der Waals surface area contributed by atoms with Gasteiger partial charge in [0.2, 0.25) is 0 Å². The first-order valence-electron chi connectivity index (χ1n) is 6.02. The Hall–Kier alpha value is -1.49. The molecule has 5 heteroatoms. The number of hydrogen-bond acceptors (Lipinski definition) is 2. The van der Waals surface area contributed by atoms with Crippen molar-refractivity contribution >= 4 is 6.08 Å². The first-order valence-corrected chi connectivity index (χ1v) is 6.02. The third kappa shape index (κ3) is 6.86. The number of ether oxygens (including phenoxy) is 1. The van der Waals surface area contributed by atoms with Crippen LogP contribution in [-0.4, -0.2) is 18.9 Å². The Morgan fingerprint density at radius 3 is 2.63 bits per heavy atom. The van der Waals surface area contributed by atoms with E-state index in [0.29, 0.717) is 18.2 Å². The lowest BCUT2D eigenvalue weighted by atomic mass is 10.1. The van der Waals surface area contributed by atoms with Crippen molar-refractivity contribution in [1.29, 1.82) is 0 Å². The smallest absolute Gasteiger partial charge is 0.406 e. The van der Waals surface area contributed by atoms with Gasteiger partial charge in [0.25, 0.3) is 0 Å². The second-order valence-corrected chi connectivity index (χ2v) is 4.65. The first-order chi connectivity index (χ1) is 8.76. The molecule has 2 nitrogen and oxygen atoms in total.